The molecule has 0 atom stereocenters. The Labute approximate surface area is 190 Å². The molecule has 3 aromatic heterocycles. The minimum Gasteiger partial charge on any atom is -0.335 e. The predicted molar refractivity (Wildman–Crippen MR) is 122 cm³/mol. The average molecular weight is 454 g/mol. The van der Waals surface area contributed by atoms with E-state index >= 15 is 0 Å². The molecule has 3 aromatic rings. The molecule has 0 spiro atoms. The Morgan fingerprint density at radius 2 is 1.97 bits per heavy atom. The average Bonchev–Trinajstić information content (AvgIpc) is 3.33. The molecule has 3 aliphatic rings. The van der Waals surface area contributed by atoms with Crippen LogP contribution in [0.15, 0.2) is 29.8 Å². The van der Waals surface area contributed by atoms with Crippen LogP contribution < -0.4 is 0 Å². The Bertz CT molecular complexity index is 1130. The van der Waals surface area contributed by atoms with Crippen molar-refractivity contribution in [2.24, 2.45) is 5.92 Å². The Balaban J connectivity index is 1.34. The number of hydrogen-bond donors (Lipinski definition) is 0. The van der Waals surface area contributed by atoms with Crippen molar-refractivity contribution in [3.8, 4) is 17.1 Å². The molecule has 1 saturated carbocycles. The summed E-state index contributed by atoms with van der Waals surface area (Å²) in [4.78, 5) is 23.9. The summed E-state index contributed by atoms with van der Waals surface area (Å²) in [6.45, 7) is 4.65. The van der Waals surface area contributed by atoms with Crippen LogP contribution in [0.1, 0.15) is 33.8 Å². The first-order valence-electron chi connectivity index (χ1n) is 11.0. The van der Waals surface area contributed by atoms with E-state index in [1.54, 1.807) is 17.5 Å². The molecule has 4 heterocycles. The number of piperazine rings is 1. The lowest BCUT2D eigenvalue weighted by molar-refractivity contribution is 0.0624. The van der Waals surface area contributed by atoms with Crippen LogP contribution in [0.5, 0.6) is 0 Å². The first-order valence-corrected chi connectivity index (χ1v) is 12.3. The highest BCUT2D eigenvalue weighted by Crippen LogP contribution is 2.39. The van der Waals surface area contributed by atoms with Gasteiger partial charge in [0.1, 0.15) is 0 Å². The monoisotopic (exact) mass is 453 g/mol. The van der Waals surface area contributed by atoms with Crippen molar-refractivity contribution in [1.82, 2.24) is 24.6 Å². The molecule has 1 aliphatic heterocycles. The van der Waals surface area contributed by atoms with Crippen molar-refractivity contribution in [1.29, 1.82) is 0 Å². The maximum Gasteiger partial charge on any atom is 0.274 e. The van der Waals surface area contributed by atoms with Gasteiger partial charge in [0.05, 0.1) is 10.7 Å². The van der Waals surface area contributed by atoms with Crippen LogP contribution in [0.3, 0.4) is 0 Å². The Morgan fingerprint density at radius 3 is 2.71 bits per heavy atom. The van der Waals surface area contributed by atoms with Crippen LogP contribution >= 0.6 is 22.9 Å². The number of fused-ring (bicyclic) bond motifs is 3. The van der Waals surface area contributed by atoms with Gasteiger partial charge in [0, 0.05) is 54.9 Å². The fraction of sp³-hybridized carbons (Fsp3) is 0.435. The normalized spacial score (nSPS) is 18.7. The summed E-state index contributed by atoms with van der Waals surface area (Å²) in [6.07, 6.45) is 6.15. The first kappa shape index (κ1) is 19.5. The number of thiophene rings is 1. The van der Waals surface area contributed by atoms with Gasteiger partial charge >= 0.3 is 0 Å². The molecule has 0 N–H and O–H groups in total. The number of amides is 1. The summed E-state index contributed by atoms with van der Waals surface area (Å²) in [6, 6.07) is 5.81. The number of aromatic nitrogens is 3. The second-order valence-electron chi connectivity index (χ2n) is 8.72. The van der Waals surface area contributed by atoms with Gasteiger partial charge in [0.25, 0.3) is 5.91 Å². The van der Waals surface area contributed by atoms with Crippen molar-refractivity contribution in [3.05, 3.63) is 50.9 Å². The van der Waals surface area contributed by atoms with E-state index in [-0.39, 0.29) is 5.91 Å². The maximum atomic E-state index is 13.6. The fourth-order valence-electron chi connectivity index (χ4n) is 4.73. The van der Waals surface area contributed by atoms with Crippen LogP contribution in [0.4, 0.5) is 0 Å². The van der Waals surface area contributed by atoms with E-state index in [1.807, 2.05) is 21.7 Å². The molecule has 160 valence electrons. The number of carbonyl (C=O) groups excluding carboxylic acids is 1. The lowest BCUT2D eigenvalue weighted by atomic mass is 9.94. The van der Waals surface area contributed by atoms with Crippen molar-refractivity contribution < 1.29 is 4.79 Å². The van der Waals surface area contributed by atoms with Gasteiger partial charge < -0.3 is 4.90 Å². The van der Waals surface area contributed by atoms with E-state index in [0.29, 0.717) is 16.5 Å². The zero-order valence-electron chi connectivity index (χ0n) is 17.3. The maximum absolute atomic E-state index is 13.6. The third-order valence-corrected chi connectivity index (χ3v) is 7.79. The number of aryl methyl sites for hydroxylation is 1. The number of nitrogens with zero attached hydrogens (tertiary/aromatic N) is 5. The number of halogens is 1. The van der Waals surface area contributed by atoms with Gasteiger partial charge in [-0.2, -0.15) is 5.10 Å². The standard InChI is InChI=1S/C23H24ClN5OS/c24-16-3-6-20(25-13-16)29-22-17-7-12-31-19(17)5-4-18(22)21(26-29)23(30)28-10-8-27(9-11-28)14-15-1-2-15/h3,6-7,12-13,15H,1-2,4-5,8-11,14H2. The summed E-state index contributed by atoms with van der Waals surface area (Å²) in [5.74, 6) is 1.62. The second-order valence-corrected chi connectivity index (χ2v) is 10.2. The van der Waals surface area contributed by atoms with Crippen LogP contribution in [0, 0.1) is 5.92 Å². The Kier molecular flexibility index (Phi) is 4.85. The molecule has 31 heavy (non-hydrogen) atoms. The van der Waals surface area contributed by atoms with Crippen LogP contribution in [0.2, 0.25) is 5.02 Å². The third-order valence-electron chi connectivity index (χ3n) is 6.59. The molecule has 6 nitrogen and oxygen atoms in total. The highest BCUT2D eigenvalue weighted by atomic mass is 35.5. The van der Waals surface area contributed by atoms with Crippen LogP contribution in [0.25, 0.3) is 17.1 Å². The summed E-state index contributed by atoms with van der Waals surface area (Å²) < 4.78 is 1.84. The summed E-state index contributed by atoms with van der Waals surface area (Å²) in [7, 11) is 0. The largest absolute Gasteiger partial charge is 0.335 e. The topological polar surface area (TPSA) is 54.3 Å². The molecule has 2 fully saturated rings. The Hall–Kier alpha value is -2.22. The number of rotatable bonds is 4. The summed E-state index contributed by atoms with van der Waals surface area (Å²) in [5.41, 5.74) is 3.81. The van der Waals surface area contributed by atoms with Crippen molar-refractivity contribution in [3.63, 3.8) is 0 Å². The van der Waals surface area contributed by atoms with Crippen LogP contribution in [-0.4, -0.2) is 63.2 Å². The molecular weight excluding hydrogens is 430 g/mol. The number of carbonyl (C=O) groups is 1. The van der Waals surface area contributed by atoms with Crippen LogP contribution in [-0.2, 0) is 12.8 Å². The molecule has 1 saturated heterocycles. The second kappa shape index (κ2) is 7.73. The molecule has 2 aliphatic carbocycles. The first-order chi connectivity index (χ1) is 15.2. The van der Waals surface area contributed by atoms with E-state index in [2.05, 4.69) is 21.3 Å². The van der Waals surface area contributed by atoms with E-state index in [9.17, 15) is 4.79 Å². The van der Waals surface area contributed by atoms with Crippen molar-refractivity contribution in [2.45, 2.75) is 25.7 Å². The molecule has 6 rings (SSSR count). The van der Waals surface area contributed by atoms with Gasteiger partial charge in [-0.15, -0.1) is 11.3 Å². The quantitative estimate of drug-likeness (QED) is 0.601. The molecule has 8 heteroatoms. The van der Waals surface area contributed by atoms with Crippen molar-refractivity contribution in [2.75, 3.05) is 32.7 Å². The fourth-order valence-corrected chi connectivity index (χ4v) is 5.72. The van der Waals surface area contributed by atoms with Gasteiger partial charge in [-0.3, -0.25) is 9.69 Å². The summed E-state index contributed by atoms with van der Waals surface area (Å²) in [5, 5.41) is 7.54. The van der Waals surface area contributed by atoms with E-state index in [4.69, 9.17) is 16.7 Å². The van der Waals surface area contributed by atoms with E-state index < -0.39 is 0 Å². The van der Waals surface area contributed by atoms with Gasteiger partial charge in [0.15, 0.2) is 11.5 Å². The zero-order valence-corrected chi connectivity index (χ0v) is 18.8. The molecule has 1 amide bonds. The zero-order chi connectivity index (χ0) is 20.9. The smallest absolute Gasteiger partial charge is 0.274 e. The molecule has 0 unspecified atom stereocenters. The molecule has 0 radical (unpaired) electrons. The number of pyridine rings is 1. The highest BCUT2D eigenvalue weighted by molar-refractivity contribution is 7.10. The van der Waals surface area contributed by atoms with E-state index in [0.717, 1.165) is 56.2 Å². The lowest BCUT2D eigenvalue weighted by Crippen LogP contribution is -2.49. The SMILES string of the molecule is O=C(c1nn(-c2ccc(Cl)cn2)c2c1CCc1sccc1-2)N1CCN(CC2CC2)CC1. The lowest BCUT2D eigenvalue weighted by Gasteiger charge is -2.34. The van der Waals surface area contributed by atoms with Gasteiger partial charge in [-0.1, -0.05) is 11.6 Å². The highest BCUT2D eigenvalue weighted by Gasteiger charge is 2.33. The van der Waals surface area contributed by atoms with Gasteiger partial charge in [0.2, 0.25) is 0 Å². The minimum atomic E-state index is 0.0497. The molecule has 0 aromatic carbocycles. The molecular formula is C23H24ClN5OS. The molecule has 0 bridgehead atoms. The number of hydrogen-bond acceptors (Lipinski definition) is 5. The summed E-state index contributed by atoms with van der Waals surface area (Å²) >= 11 is 7.82. The van der Waals surface area contributed by atoms with Gasteiger partial charge in [-0.05, 0) is 55.2 Å². The Morgan fingerprint density at radius 1 is 1.13 bits per heavy atom. The van der Waals surface area contributed by atoms with Crippen molar-refractivity contribution >= 4 is 28.8 Å². The third kappa shape index (κ3) is 3.58. The van der Waals surface area contributed by atoms with Gasteiger partial charge in [-0.25, -0.2) is 9.67 Å². The predicted octanol–water partition coefficient (Wildman–Crippen LogP) is 3.92. The minimum absolute atomic E-state index is 0.0497. The van der Waals surface area contributed by atoms with E-state index in [1.165, 1.54) is 29.8 Å².